The van der Waals surface area contributed by atoms with Crippen LogP contribution in [-0.4, -0.2) is 16.9 Å². The van der Waals surface area contributed by atoms with Crippen molar-refractivity contribution in [3.05, 3.63) is 35.5 Å². The van der Waals surface area contributed by atoms with Crippen molar-refractivity contribution in [1.82, 2.24) is 0 Å². The third-order valence-electron chi connectivity index (χ3n) is 7.48. The standard InChI is InChI=1S/C21H26O3/c1-20-9-3-4-15(20)13-5-6-16-14(12-19(23)24)18(22)8-11-21(16,2)17(13)7-10-20/h5-6,8,11,13,15,17H,3-4,7,9-10,12H2,1-2H3,(H,23,24)/t13-,15-,17-,20-,21-/m0/s1. The van der Waals surface area contributed by atoms with Crippen LogP contribution in [0.5, 0.6) is 0 Å². The molecule has 0 saturated heterocycles. The second-order valence-electron chi connectivity index (χ2n) is 8.68. The molecule has 4 aliphatic rings. The second kappa shape index (κ2) is 5.18. The van der Waals surface area contributed by atoms with Crippen LogP contribution >= 0.6 is 0 Å². The molecule has 24 heavy (non-hydrogen) atoms. The van der Waals surface area contributed by atoms with E-state index in [1.165, 1.54) is 32.1 Å². The van der Waals surface area contributed by atoms with Crippen LogP contribution in [0.25, 0.3) is 0 Å². The molecular weight excluding hydrogens is 300 g/mol. The summed E-state index contributed by atoms with van der Waals surface area (Å²) < 4.78 is 0. The lowest BCUT2D eigenvalue weighted by atomic mass is 9.50. The van der Waals surface area contributed by atoms with E-state index in [2.05, 4.69) is 32.1 Å². The molecule has 1 N–H and O–H groups in total. The van der Waals surface area contributed by atoms with Gasteiger partial charge in [0.15, 0.2) is 5.78 Å². The first-order valence-electron chi connectivity index (χ1n) is 9.22. The van der Waals surface area contributed by atoms with Gasteiger partial charge in [-0.25, -0.2) is 0 Å². The number of fused-ring (bicyclic) bond motifs is 5. The highest BCUT2D eigenvalue weighted by atomic mass is 16.4. The van der Waals surface area contributed by atoms with Gasteiger partial charge in [-0.1, -0.05) is 38.5 Å². The molecule has 3 heteroatoms. The number of allylic oxidation sites excluding steroid dienone is 5. The van der Waals surface area contributed by atoms with Gasteiger partial charge in [0.05, 0.1) is 6.42 Å². The minimum absolute atomic E-state index is 0.130. The number of carbonyl (C=O) groups excluding carboxylic acids is 1. The molecular formula is C21H26O3. The zero-order valence-electron chi connectivity index (χ0n) is 14.5. The molecule has 0 radical (unpaired) electrons. The maximum atomic E-state index is 12.3. The van der Waals surface area contributed by atoms with E-state index in [0.717, 1.165) is 11.5 Å². The molecule has 0 aliphatic heterocycles. The number of carbonyl (C=O) groups is 2. The third kappa shape index (κ3) is 2.09. The van der Waals surface area contributed by atoms with Crippen molar-refractivity contribution in [2.45, 2.75) is 52.4 Å². The lowest BCUT2D eigenvalue weighted by Crippen LogP contribution is -2.47. The van der Waals surface area contributed by atoms with Gasteiger partial charge in [0.25, 0.3) is 0 Å². The van der Waals surface area contributed by atoms with Gasteiger partial charge in [0.1, 0.15) is 0 Å². The third-order valence-corrected chi connectivity index (χ3v) is 7.48. The Morgan fingerprint density at radius 1 is 1.21 bits per heavy atom. The van der Waals surface area contributed by atoms with Gasteiger partial charge < -0.3 is 5.11 Å². The first-order chi connectivity index (χ1) is 11.3. The van der Waals surface area contributed by atoms with Crippen molar-refractivity contribution < 1.29 is 14.7 Å². The van der Waals surface area contributed by atoms with E-state index >= 15 is 0 Å². The Hall–Kier alpha value is -1.64. The lowest BCUT2D eigenvalue weighted by molar-refractivity contribution is -0.136. The van der Waals surface area contributed by atoms with Gasteiger partial charge in [0, 0.05) is 11.0 Å². The SMILES string of the molecule is C[C@@]12CCC[C@H]1[C@@H]1C=CC3=C(CC(=O)O)C(=O)C=C[C@]3(C)[C@H]1CC2. The van der Waals surface area contributed by atoms with Crippen molar-refractivity contribution >= 4 is 11.8 Å². The quantitative estimate of drug-likeness (QED) is 0.823. The highest BCUT2D eigenvalue weighted by Gasteiger charge is 2.54. The molecule has 3 nitrogen and oxygen atoms in total. The molecule has 0 bridgehead atoms. The molecule has 2 fully saturated rings. The van der Waals surface area contributed by atoms with Crippen LogP contribution in [0.15, 0.2) is 35.5 Å². The van der Waals surface area contributed by atoms with E-state index in [1.807, 2.05) is 0 Å². The van der Waals surface area contributed by atoms with E-state index in [0.29, 0.717) is 22.8 Å². The van der Waals surface area contributed by atoms with E-state index in [-0.39, 0.29) is 17.6 Å². The second-order valence-corrected chi connectivity index (χ2v) is 8.68. The fourth-order valence-electron chi connectivity index (χ4n) is 6.19. The highest BCUT2D eigenvalue weighted by Crippen LogP contribution is 2.63. The van der Waals surface area contributed by atoms with Crippen LogP contribution in [0.3, 0.4) is 0 Å². The van der Waals surface area contributed by atoms with Gasteiger partial charge in [-0.05, 0) is 60.5 Å². The molecule has 128 valence electrons. The number of carboxylic acids is 1. The summed E-state index contributed by atoms with van der Waals surface area (Å²) in [5.41, 5.74) is 1.73. The molecule has 0 amide bonds. The summed E-state index contributed by atoms with van der Waals surface area (Å²) in [6.45, 7) is 4.67. The van der Waals surface area contributed by atoms with Gasteiger partial charge in [-0.2, -0.15) is 0 Å². The Morgan fingerprint density at radius 2 is 2.00 bits per heavy atom. The van der Waals surface area contributed by atoms with Crippen LogP contribution in [-0.2, 0) is 9.59 Å². The number of hydrogen-bond acceptors (Lipinski definition) is 2. The topological polar surface area (TPSA) is 54.4 Å². The Kier molecular flexibility index (Phi) is 3.42. The molecule has 4 aliphatic carbocycles. The Bertz CT molecular complexity index is 698. The van der Waals surface area contributed by atoms with E-state index in [9.17, 15) is 14.7 Å². The van der Waals surface area contributed by atoms with Crippen molar-refractivity contribution in [3.8, 4) is 0 Å². The number of aliphatic carboxylic acids is 1. The molecule has 0 aromatic heterocycles. The van der Waals surface area contributed by atoms with E-state index < -0.39 is 5.97 Å². The highest BCUT2D eigenvalue weighted by molar-refractivity contribution is 6.08. The van der Waals surface area contributed by atoms with Crippen molar-refractivity contribution in [3.63, 3.8) is 0 Å². The number of ketones is 1. The smallest absolute Gasteiger partial charge is 0.307 e. The summed E-state index contributed by atoms with van der Waals surface area (Å²) in [4.78, 5) is 23.5. The molecule has 0 heterocycles. The average molecular weight is 326 g/mol. The van der Waals surface area contributed by atoms with E-state index in [1.54, 1.807) is 6.08 Å². The predicted molar refractivity (Wildman–Crippen MR) is 92.3 cm³/mol. The van der Waals surface area contributed by atoms with Crippen LogP contribution in [0.2, 0.25) is 0 Å². The summed E-state index contributed by atoms with van der Waals surface area (Å²) in [7, 11) is 0. The average Bonchev–Trinajstić information content (AvgIpc) is 2.92. The summed E-state index contributed by atoms with van der Waals surface area (Å²) in [5, 5.41) is 9.21. The lowest BCUT2D eigenvalue weighted by Gasteiger charge is -2.54. The first-order valence-corrected chi connectivity index (χ1v) is 9.22. The van der Waals surface area contributed by atoms with Crippen LogP contribution in [0.1, 0.15) is 52.4 Å². The maximum Gasteiger partial charge on any atom is 0.307 e. The van der Waals surface area contributed by atoms with Crippen molar-refractivity contribution in [2.24, 2.45) is 28.6 Å². The van der Waals surface area contributed by atoms with Gasteiger partial charge in [0.2, 0.25) is 0 Å². The largest absolute Gasteiger partial charge is 0.481 e. The fraction of sp³-hybridized carbons (Fsp3) is 0.619. The Morgan fingerprint density at radius 3 is 2.75 bits per heavy atom. The molecule has 0 aromatic rings. The monoisotopic (exact) mass is 326 g/mol. The number of hydrogen-bond donors (Lipinski definition) is 1. The molecule has 2 saturated carbocycles. The molecule has 0 spiro atoms. The number of rotatable bonds is 2. The van der Waals surface area contributed by atoms with Crippen molar-refractivity contribution in [2.75, 3.05) is 0 Å². The normalized spacial score (nSPS) is 43.4. The zero-order chi connectivity index (χ0) is 17.1. The fourth-order valence-corrected chi connectivity index (χ4v) is 6.19. The Balaban J connectivity index is 1.80. The van der Waals surface area contributed by atoms with Crippen LogP contribution in [0, 0.1) is 28.6 Å². The first kappa shape index (κ1) is 15.9. The molecule has 0 aromatic carbocycles. The summed E-state index contributed by atoms with van der Waals surface area (Å²) in [6, 6.07) is 0. The summed E-state index contributed by atoms with van der Waals surface area (Å²) >= 11 is 0. The minimum Gasteiger partial charge on any atom is -0.481 e. The summed E-state index contributed by atoms with van der Waals surface area (Å²) in [5.74, 6) is 0.728. The number of carboxylic acid groups (broad SMARTS) is 1. The molecule has 4 rings (SSSR count). The van der Waals surface area contributed by atoms with E-state index in [4.69, 9.17) is 0 Å². The Labute approximate surface area is 143 Å². The van der Waals surface area contributed by atoms with Crippen LogP contribution < -0.4 is 0 Å². The van der Waals surface area contributed by atoms with Gasteiger partial charge >= 0.3 is 5.97 Å². The van der Waals surface area contributed by atoms with Crippen LogP contribution in [0.4, 0.5) is 0 Å². The van der Waals surface area contributed by atoms with Gasteiger partial charge in [-0.15, -0.1) is 0 Å². The maximum absolute atomic E-state index is 12.3. The summed E-state index contributed by atoms with van der Waals surface area (Å²) in [6.07, 6.45) is 14.3. The van der Waals surface area contributed by atoms with Crippen molar-refractivity contribution in [1.29, 1.82) is 0 Å². The minimum atomic E-state index is -0.925. The predicted octanol–water partition coefficient (Wildman–Crippen LogP) is 4.31. The molecule has 5 atom stereocenters. The van der Waals surface area contributed by atoms with Gasteiger partial charge in [-0.3, -0.25) is 9.59 Å². The molecule has 0 unspecified atom stereocenters. The zero-order valence-corrected chi connectivity index (χ0v) is 14.5.